The largest absolute Gasteiger partial charge is 0.306 e. The summed E-state index contributed by atoms with van der Waals surface area (Å²) in [5.74, 6) is 0.193. The number of aryl methyl sites for hydroxylation is 1. The van der Waals surface area contributed by atoms with Gasteiger partial charge in [-0.1, -0.05) is 28.1 Å². The maximum atomic E-state index is 10.5. The zero-order chi connectivity index (χ0) is 9.14. The van der Waals surface area contributed by atoms with Crippen LogP contribution in [0.15, 0.2) is 22.7 Å². The summed E-state index contributed by atoms with van der Waals surface area (Å²) >= 11 is 1.60. The maximum Gasteiger partial charge on any atom is 0.157 e. The predicted molar refractivity (Wildman–Crippen MR) is 53.4 cm³/mol. The summed E-state index contributed by atoms with van der Waals surface area (Å²) in [6.07, 6.45) is 0. The minimum Gasteiger partial charge on any atom is -0.306 e. The van der Waals surface area contributed by atoms with Gasteiger partial charge in [0.15, 0.2) is 11.1 Å². The highest BCUT2D eigenvalue weighted by atomic mass is 79.9. The molecule has 1 rings (SSSR count). The Morgan fingerprint density at radius 2 is 2.25 bits per heavy atom. The topological polar surface area (TPSA) is 37.3 Å². The van der Waals surface area contributed by atoms with Gasteiger partial charge in [0.05, 0.1) is 5.75 Å². The van der Waals surface area contributed by atoms with Crippen molar-refractivity contribution in [2.75, 3.05) is 0 Å². The van der Waals surface area contributed by atoms with Crippen LogP contribution < -0.4 is 0 Å². The van der Waals surface area contributed by atoms with E-state index in [-0.39, 0.29) is 5.75 Å². The lowest BCUT2D eigenvalue weighted by molar-refractivity contribution is 0.563. The minimum atomic E-state index is -1.75. The smallest absolute Gasteiger partial charge is 0.157 e. The third kappa shape index (κ3) is 2.69. The summed E-state index contributed by atoms with van der Waals surface area (Å²) in [6.45, 7) is 1.98. The maximum absolute atomic E-state index is 10.5. The average molecular weight is 249 g/mol. The standard InChI is InChI=1S/C8H9BrO2S/c1-6-2-3-7(4-8(6)9)5-12(10)11/h2-4H,5H2,1H3,(H,10,11). The molecule has 0 amide bonds. The number of benzene rings is 1. The number of hydrogen-bond donors (Lipinski definition) is 1. The lowest BCUT2D eigenvalue weighted by atomic mass is 10.2. The number of rotatable bonds is 2. The van der Waals surface area contributed by atoms with Gasteiger partial charge in [-0.3, -0.25) is 0 Å². The molecule has 0 aliphatic heterocycles. The fraction of sp³-hybridized carbons (Fsp3) is 0.250. The van der Waals surface area contributed by atoms with Gasteiger partial charge in [-0.2, -0.15) is 0 Å². The highest BCUT2D eigenvalue weighted by molar-refractivity contribution is 9.10. The third-order valence-electron chi connectivity index (χ3n) is 1.53. The van der Waals surface area contributed by atoms with Gasteiger partial charge in [0.1, 0.15) is 0 Å². The third-order valence-corrected chi connectivity index (χ3v) is 2.96. The Hall–Kier alpha value is -0.190. The number of hydrogen-bond acceptors (Lipinski definition) is 1. The summed E-state index contributed by atoms with van der Waals surface area (Å²) in [5.41, 5.74) is 2.00. The van der Waals surface area contributed by atoms with E-state index in [0.29, 0.717) is 0 Å². The summed E-state index contributed by atoms with van der Waals surface area (Å²) in [4.78, 5) is 0. The molecule has 0 saturated heterocycles. The molecular formula is C8H9BrO2S. The Kier molecular flexibility index (Phi) is 3.43. The highest BCUT2D eigenvalue weighted by Crippen LogP contribution is 2.17. The van der Waals surface area contributed by atoms with Gasteiger partial charge in [-0.05, 0) is 24.1 Å². The first kappa shape index (κ1) is 9.89. The molecule has 12 heavy (non-hydrogen) atoms. The van der Waals surface area contributed by atoms with E-state index in [0.717, 1.165) is 15.6 Å². The average Bonchev–Trinajstić information content (AvgIpc) is 1.96. The Morgan fingerprint density at radius 3 is 2.75 bits per heavy atom. The highest BCUT2D eigenvalue weighted by Gasteiger charge is 2.00. The van der Waals surface area contributed by atoms with E-state index in [4.69, 9.17) is 4.55 Å². The Labute approximate surface area is 82.4 Å². The Balaban J connectivity index is 2.89. The molecule has 4 heteroatoms. The van der Waals surface area contributed by atoms with Crippen molar-refractivity contribution in [2.24, 2.45) is 0 Å². The number of halogens is 1. The molecule has 0 aliphatic rings. The normalized spacial score (nSPS) is 12.9. The van der Waals surface area contributed by atoms with Crippen molar-refractivity contribution < 1.29 is 8.76 Å². The van der Waals surface area contributed by atoms with Crippen molar-refractivity contribution in [1.82, 2.24) is 0 Å². The van der Waals surface area contributed by atoms with E-state index in [2.05, 4.69) is 15.9 Å². The van der Waals surface area contributed by atoms with E-state index in [1.807, 2.05) is 25.1 Å². The first-order chi connectivity index (χ1) is 5.59. The van der Waals surface area contributed by atoms with E-state index < -0.39 is 11.1 Å². The molecule has 0 bridgehead atoms. The molecule has 66 valence electrons. The molecule has 1 aromatic rings. The summed E-state index contributed by atoms with van der Waals surface area (Å²) in [7, 11) is 0. The fourth-order valence-corrected chi connectivity index (χ4v) is 1.76. The van der Waals surface area contributed by atoms with Crippen molar-refractivity contribution in [3.8, 4) is 0 Å². The van der Waals surface area contributed by atoms with Crippen molar-refractivity contribution in [3.63, 3.8) is 0 Å². The molecule has 0 saturated carbocycles. The summed E-state index contributed by atoms with van der Waals surface area (Å²) in [5, 5.41) is 0. The second kappa shape index (κ2) is 4.16. The van der Waals surface area contributed by atoms with Gasteiger partial charge in [-0.25, -0.2) is 4.21 Å². The monoisotopic (exact) mass is 248 g/mol. The van der Waals surface area contributed by atoms with Crippen LogP contribution in [0.25, 0.3) is 0 Å². The molecule has 1 unspecified atom stereocenters. The molecule has 1 aromatic carbocycles. The van der Waals surface area contributed by atoms with Crippen molar-refractivity contribution in [3.05, 3.63) is 33.8 Å². The SMILES string of the molecule is Cc1ccc(CS(=O)O)cc1Br. The van der Waals surface area contributed by atoms with Crippen LogP contribution in [-0.2, 0) is 16.8 Å². The lowest BCUT2D eigenvalue weighted by Gasteiger charge is -2.00. The van der Waals surface area contributed by atoms with Gasteiger partial charge >= 0.3 is 0 Å². The van der Waals surface area contributed by atoms with Crippen LogP contribution in [0.3, 0.4) is 0 Å². The molecule has 0 radical (unpaired) electrons. The van der Waals surface area contributed by atoms with Crippen LogP contribution in [-0.4, -0.2) is 8.76 Å². The molecule has 1 atom stereocenters. The van der Waals surface area contributed by atoms with E-state index in [9.17, 15) is 4.21 Å². The van der Waals surface area contributed by atoms with Gasteiger partial charge in [0.25, 0.3) is 0 Å². The van der Waals surface area contributed by atoms with Gasteiger partial charge in [0.2, 0.25) is 0 Å². The van der Waals surface area contributed by atoms with Crippen molar-refractivity contribution in [2.45, 2.75) is 12.7 Å². The zero-order valence-corrected chi connectivity index (χ0v) is 8.98. The summed E-state index contributed by atoms with van der Waals surface area (Å²) < 4.78 is 20.1. The van der Waals surface area contributed by atoms with E-state index in [1.54, 1.807) is 0 Å². The molecule has 0 fully saturated rings. The van der Waals surface area contributed by atoms with Gasteiger partial charge in [-0.15, -0.1) is 0 Å². The summed E-state index contributed by atoms with van der Waals surface area (Å²) in [6, 6.07) is 5.64. The molecule has 0 aromatic heterocycles. The molecule has 0 spiro atoms. The van der Waals surface area contributed by atoms with Crippen molar-refractivity contribution >= 4 is 27.0 Å². The zero-order valence-electron chi connectivity index (χ0n) is 6.58. The van der Waals surface area contributed by atoms with Crippen LogP contribution >= 0.6 is 15.9 Å². The Bertz CT molecular complexity index is 312. The van der Waals surface area contributed by atoms with Crippen LogP contribution in [0, 0.1) is 6.92 Å². The van der Waals surface area contributed by atoms with Crippen LogP contribution in [0.1, 0.15) is 11.1 Å². The Morgan fingerprint density at radius 1 is 1.58 bits per heavy atom. The lowest BCUT2D eigenvalue weighted by Crippen LogP contribution is -1.93. The van der Waals surface area contributed by atoms with Crippen molar-refractivity contribution in [1.29, 1.82) is 0 Å². The molecule has 2 nitrogen and oxygen atoms in total. The van der Waals surface area contributed by atoms with Gasteiger partial charge in [0, 0.05) is 4.47 Å². The fourth-order valence-electron chi connectivity index (χ4n) is 0.869. The van der Waals surface area contributed by atoms with Crippen LogP contribution in [0.4, 0.5) is 0 Å². The molecule has 0 aliphatic carbocycles. The van der Waals surface area contributed by atoms with Crippen LogP contribution in [0.5, 0.6) is 0 Å². The van der Waals surface area contributed by atoms with Gasteiger partial charge < -0.3 is 4.55 Å². The molecule has 0 heterocycles. The van der Waals surface area contributed by atoms with E-state index in [1.165, 1.54) is 0 Å². The second-order valence-electron chi connectivity index (χ2n) is 2.55. The first-order valence-corrected chi connectivity index (χ1v) is 5.49. The quantitative estimate of drug-likeness (QED) is 0.817. The molecule has 1 N–H and O–H groups in total. The molecular weight excluding hydrogens is 240 g/mol. The minimum absolute atomic E-state index is 0.193. The van der Waals surface area contributed by atoms with E-state index >= 15 is 0 Å². The predicted octanol–water partition coefficient (Wildman–Crippen LogP) is 2.48. The van der Waals surface area contributed by atoms with Crippen LogP contribution in [0.2, 0.25) is 0 Å². The first-order valence-electron chi connectivity index (χ1n) is 3.42. The second-order valence-corrected chi connectivity index (χ2v) is 4.34.